The van der Waals surface area contributed by atoms with Crippen LogP contribution in [0.2, 0.25) is 0 Å². The Morgan fingerprint density at radius 1 is 1.14 bits per heavy atom. The minimum atomic E-state index is 0.167. The van der Waals surface area contributed by atoms with Gasteiger partial charge in [-0.1, -0.05) is 0 Å². The normalized spacial score (nSPS) is 8.50. The lowest BCUT2D eigenvalue weighted by Gasteiger charge is -1.93. The number of amides is 1. The Kier molecular flexibility index (Phi) is 4.90. The third kappa shape index (κ3) is 5.70. The highest BCUT2D eigenvalue weighted by Crippen LogP contribution is 1.94. The van der Waals surface area contributed by atoms with Crippen molar-refractivity contribution in [2.24, 2.45) is 0 Å². The molecule has 0 radical (unpaired) electrons. The van der Waals surface area contributed by atoms with Gasteiger partial charge in [-0.3, -0.25) is 4.79 Å². The van der Waals surface area contributed by atoms with E-state index in [2.05, 4.69) is 15.0 Å². The molecule has 0 atom stereocenters. The van der Waals surface area contributed by atoms with Gasteiger partial charge >= 0.3 is 0 Å². The fourth-order valence-electron chi connectivity index (χ4n) is 0.524. The number of nitrogen functional groups attached to an aromatic ring is 2. The topological polar surface area (TPSA) is 111 Å². The Morgan fingerprint density at radius 2 is 1.50 bits per heavy atom. The summed E-state index contributed by atoms with van der Waals surface area (Å²) in [4.78, 5) is 21.9. The third-order valence-corrected chi connectivity index (χ3v) is 0.993. The highest BCUT2D eigenvalue weighted by atomic mass is 16.1. The van der Waals surface area contributed by atoms with Gasteiger partial charge in [-0.15, -0.1) is 0 Å². The largest absolute Gasteiger partial charge is 0.368 e. The van der Waals surface area contributed by atoms with Crippen molar-refractivity contribution in [1.82, 2.24) is 19.9 Å². The van der Waals surface area contributed by atoms with Crippen molar-refractivity contribution in [2.75, 3.05) is 25.6 Å². The SMILES string of the molecule is CN(C)C=O.Cc1nc(N)nc(N)n1. The van der Waals surface area contributed by atoms with E-state index in [1.54, 1.807) is 21.0 Å². The van der Waals surface area contributed by atoms with Gasteiger partial charge in [0.05, 0.1) is 0 Å². The average Bonchev–Trinajstić information content (AvgIpc) is 2.02. The summed E-state index contributed by atoms with van der Waals surface area (Å²) in [5.74, 6) is 0.875. The zero-order valence-corrected chi connectivity index (χ0v) is 8.43. The minimum Gasteiger partial charge on any atom is -0.368 e. The summed E-state index contributed by atoms with van der Waals surface area (Å²) in [6.45, 7) is 1.70. The molecule has 0 spiro atoms. The summed E-state index contributed by atoms with van der Waals surface area (Å²) in [5.41, 5.74) is 10.4. The van der Waals surface area contributed by atoms with Crippen molar-refractivity contribution in [3.05, 3.63) is 5.82 Å². The molecule has 7 heteroatoms. The van der Waals surface area contributed by atoms with Crippen LogP contribution < -0.4 is 11.5 Å². The number of hydrogen-bond acceptors (Lipinski definition) is 6. The van der Waals surface area contributed by atoms with Crippen LogP contribution in [-0.4, -0.2) is 40.4 Å². The number of nitrogens with zero attached hydrogens (tertiary/aromatic N) is 4. The van der Waals surface area contributed by atoms with Gasteiger partial charge in [-0.05, 0) is 6.92 Å². The van der Waals surface area contributed by atoms with Crippen LogP contribution in [0.5, 0.6) is 0 Å². The van der Waals surface area contributed by atoms with E-state index in [0.29, 0.717) is 5.82 Å². The maximum atomic E-state index is 9.43. The molecular weight excluding hydrogens is 184 g/mol. The van der Waals surface area contributed by atoms with Crippen LogP contribution in [0.25, 0.3) is 0 Å². The predicted octanol–water partition coefficient (Wildman–Crippen LogP) is -0.951. The smallest absolute Gasteiger partial charge is 0.225 e. The molecular formula is C7H14N6O. The Bertz CT molecular complexity index is 250. The molecule has 1 aromatic rings. The number of carbonyl (C=O) groups is 1. The van der Waals surface area contributed by atoms with Crippen molar-refractivity contribution < 1.29 is 4.79 Å². The maximum Gasteiger partial charge on any atom is 0.225 e. The summed E-state index contributed by atoms with van der Waals surface area (Å²) in [6, 6.07) is 0. The zero-order chi connectivity index (χ0) is 11.1. The van der Waals surface area contributed by atoms with Gasteiger partial charge in [0, 0.05) is 14.1 Å². The molecule has 14 heavy (non-hydrogen) atoms. The number of aryl methyl sites for hydroxylation is 1. The summed E-state index contributed by atoms with van der Waals surface area (Å²) >= 11 is 0. The van der Waals surface area contributed by atoms with Crippen LogP contribution in [0.4, 0.5) is 11.9 Å². The first-order valence-corrected chi connectivity index (χ1v) is 3.81. The van der Waals surface area contributed by atoms with E-state index in [4.69, 9.17) is 11.5 Å². The molecule has 0 aliphatic heterocycles. The van der Waals surface area contributed by atoms with Crippen molar-refractivity contribution in [3.63, 3.8) is 0 Å². The van der Waals surface area contributed by atoms with E-state index in [9.17, 15) is 4.79 Å². The lowest BCUT2D eigenvalue weighted by Crippen LogP contribution is -2.06. The highest BCUT2D eigenvalue weighted by Gasteiger charge is 1.93. The summed E-state index contributed by atoms with van der Waals surface area (Å²) in [6.07, 6.45) is 0.750. The van der Waals surface area contributed by atoms with Crippen LogP contribution in [-0.2, 0) is 4.79 Å². The second-order valence-corrected chi connectivity index (χ2v) is 2.67. The molecule has 0 saturated heterocycles. The number of carbonyl (C=O) groups excluding carboxylic acids is 1. The highest BCUT2D eigenvalue weighted by molar-refractivity contribution is 5.45. The van der Waals surface area contributed by atoms with Crippen molar-refractivity contribution >= 4 is 18.3 Å². The Labute approximate surface area is 82.2 Å². The Balaban J connectivity index is 0.000000292. The minimum absolute atomic E-state index is 0.167. The van der Waals surface area contributed by atoms with Gasteiger partial charge in [-0.25, -0.2) is 0 Å². The number of anilines is 2. The quantitative estimate of drug-likeness (QED) is 0.563. The number of hydrogen-bond donors (Lipinski definition) is 2. The molecule has 0 fully saturated rings. The first kappa shape index (κ1) is 12.1. The standard InChI is InChI=1S/C4H7N5.C3H7NO/c1-2-7-3(5)9-4(6)8-2;1-4(2)3-5/h1H3,(H4,5,6,7,8,9);3H,1-2H3. The second kappa shape index (κ2) is 5.68. The number of aromatic nitrogens is 3. The molecule has 0 bridgehead atoms. The van der Waals surface area contributed by atoms with Gasteiger partial charge in [-0.2, -0.15) is 15.0 Å². The molecule has 1 rings (SSSR count). The number of nitrogens with two attached hydrogens (primary N) is 2. The molecule has 0 unspecified atom stereocenters. The van der Waals surface area contributed by atoms with Gasteiger partial charge in [0.15, 0.2) is 0 Å². The van der Waals surface area contributed by atoms with Crippen LogP contribution in [0.3, 0.4) is 0 Å². The van der Waals surface area contributed by atoms with E-state index in [-0.39, 0.29) is 11.9 Å². The van der Waals surface area contributed by atoms with Gasteiger partial charge < -0.3 is 16.4 Å². The van der Waals surface area contributed by atoms with Crippen LogP contribution >= 0.6 is 0 Å². The van der Waals surface area contributed by atoms with Crippen LogP contribution in [0.15, 0.2) is 0 Å². The fraction of sp³-hybridized carbons (Fsp3) is 0.429. The first-order valence-electron chi connectivity index (χ1n) is 3.81. The van der Waals surface area contributed by atoms with Crippen molar-refractivity contribution in [2.45, 2.75) is 6.92 Å². The maximum absolute atomic E-state index is 9.43. The molecule has 1 heterocycles. The molecule has 1 aromatic heterocycles. The molecule has 4 N–H and O–H groups in total. The molecule has 7 nitrogen and oxygen atoms in total. The molecule has 78 valence electrons. The van der Waals surface area contributed by atoms with Crippen molar-refractivity contribution in [3.8, 4) is 0 Å². The van der Waals surface area contributed by atoms with Gasteiger partial charge in [0.25, 0.3) is 0 Å². The lowest BCUT2D eigenvalue weighted by molar-refractivity contribution is -0.115. The molecule has 0 aromatic carbocycles. The molecule has 0 aliphatic rings. The summed E-state index contributed by atoms with van der Waals surface area (Å²) in [7, 11) is 3.38. The summed E-state index contributed by atoms with van der Waals surface area (Å²) < 4.78 is 0. The monoisotopic (exact) mass is 198 g/mol. The first-order chi connectivity index (χ1) is 6.45. The van der Waals surface area contributed by atoms with Crippen molar-refractivity contribution in [1.29, 1.82) is 0 Å². The second-order valence-electron chi connectivity index (χ2n) is 2.67. The van der Waals surface area contributed by atoms with Crippen LogP contribution in [0.1, 0.15) is 5.82 Å². The van der Waals surface area contributed by atoms with E-state index in [1.807, 2.05) is 0 Å². The van der Waals surface area contributed by atoms with E-state index < -0.39 is 0 Å². The van der Waals surface area contributed by atoms with Gasteiger partial charge in [0.2, 0.25) is 18.3 Å². The van der Waals surface area contributed by atoms with Crippen LogP contribution in [0, 0.1) is 6.92 Å². The van der Waals surface area contributed by atoms with Gasteiger partial charge in [0.1, 0.15) is 5.82 Å². The fourth-order valence-corrected chi connectivity index (χ4v) is 0.524. The molecule has 1 amide bonds. The Hall–Kier alpha value is -1.92. The van der Waals surface area contributed by atoms with E-state index in [1.165, 1.54) is 4.90 Å². The third-order valence-electron chi connectivity index (χ3n) is 0.993. The predicted molar refractivity (Wildman–Crippen MR) is 53.1 cm³/mol. The number of rotatable bonds is 1. The van der Waals surface area contributed by atoms with E-state index in [0.717, 1.165) is 6.41 Å². The lowest BCUT2D eigenvalue weighted by atomic mass is 10.7. The summed E-state index contributed by atoms with van der Waals surface area (Å²) in [5, 5.41) is 0. The molecule has 0 saturated carbocycles. The van der Waals surface area contributed by atoms with E-state index >= 15 is 0 Å². The zero-order valence-electron chi connectivity index (χ0n) is 8.43. The average molecular weight is 198 g/mol. The molecule has 0 aliphatic carbocycles. The Morgan fingerprint density at radius 3 is 1.71 bits per heavy atom.